The standard InChI is InChI=1S/C14H17N3O/c15-7-6-12-2-4-13(5-3-12)14(18)17-10-1-8-16-9-11-17/h2-5,16H,1,6,8-11H2. The first-order valence-electron chi connectivity index (χ1n) is 6.27. The zero-order valence-corrected chi connectivity index (χ0v) is 10.4. The molecule has 0 saturated carbocycles. The highest BCUT2D eigenvalue weighted by atomic mass is 16.2. The molecule has 1 aliphatic heterocycles. The number of carbonyl (C=O) groups is 1. The van der Waals surface area contributed by atoms with E-state index in [4.69, 9.17) is 5.26 Å². The van der Waals surface area contributed by atoms with Crippen molar-refractivity contribution in [3.8, 4) is 6.07 Å². The lowest BCUT2D eigenvalue weighted by atomic mass is 10.1. The molecule has 4 heteroatoms. The number of hydrogen-bond donors (Lipinski definition) is 1. The molecule has 0 spiro atoms. The molecule has 0 aliphatic carbocycles. The third-order valence-electron chi connectivity index (χ3n) is 3.11. The summed E-state index contributed by atoms with van der Waals surface area (Å²) in [6, 6.07) is 9.43. The summed E-state index contributed by atoms with van der Waals surface area (Å²) in [5.41, 5.74) is 1.66. The molecule has 1 aliphatic rings. The van der Waals surface area contributed by atoms with Gasteiger partial charge in [0.2, 0.25) is 0 Å². The molecule has 4 nitrogen and oxygen atoms in total. The summed E-state index contributed by atoms with van der Waals surface area (Å²) in [6.07, 6.45) is 1.39. The second kappa shape index (κ2) is 6.18. The lowest BCUT2D eigenvalue weighted by Gasteiger charge is -2.20. The minimum absolute atomic E-state index is 0.0854. The van der Waals surface area contributed by atoms with Gasteiger partial charge < -0.3 is 10.2 Å². The van der Waals surface area contributed by atoms with Crippen LogP contribution in [0, 0.1) is 11.3 Å². The maximum atomic E-state index is 12.3. The summed E-state index contributed by atoms with van der Waals surface area (Å²) in [4.78, 5) is 14.1. The van der Waals surface area contributed by atoms with Crippen LogP contribution in [0.3, 0.4) is 0 Å². The van der Waals surface area contributed by atoms with E-state index in [1.165, 1.54) is 0 Å². The van der Waals surface area contributed by atoms with Gasteiger partial charge in [-0.25, -0.2) is 0 Å². The molecule has 1 fully saturated rings. The lowest BCUT2D eigenvalue weighted by Crippen LogP contribution is -2.34. The Bertz CT molecular complexity index is 439. The van der Waals surface area contributed by atoms with Crippen molar-refractivity contribution in [1.82, 2.24) is 10.2 Å². The first-order chi connectivity index (χ1) is 8.81. The average Bonchev–Trinajstić information content (AvgIpc) is 2.68. The largest absolute Gasteiger partial charge is 0.337 e. The highest BCUT2D eigenvalue weighted by Gasteiger charge is 2.16. The van der Waals surface area contributed by atoms with Gasteiger partial charge in [0.05, 0.1) is 12.5 Å². The molecule has 0 aromatic heterocycles. The number of nitrogens with zero attached hydrogens (tertiary/aromatic N) is 2. The quantitative estimate of drug-likeness (QED) is 0.848. The molecule has 0 atom stereocenters. The first kappa shape index (κ1) is 12.6. The van der Waals surface area contributed by atoms with Gasteiger partial charge in [-0.1, -0.05) is 12.1 Å². The molecule has 1 N–H and O–H groups in total. The van der Waals surface area contributed by atoms with Gasteiger partial charge in [0.1, 0.15) is 0 Å². The number of hydrogen-bond acceptors (Lipinski definition) is 3. The Morgan fingerprint density at radius 2 is 2.06 bits per heavy atom. The van der Waals surface area contributed by atoms with Crippen molar-refractivity contribution >= 4 is 5.91 Å². The number of benzene rings is 1. The minimum Gasteiger partial charge on any atom is -0.337 e. The van der Waals surface area contributed by atoms with Crippen LogP contribution in [0.25, 0.3) is 0 Å². The van der Waals surface area contributed by atoms with Crippen LogP contribution in [-0.2, 0) is 6.42 Å². The number of carbonyl (C=O) groups excluding carboxylic acids is 1. The smallest absolute Gasteiger partial charge is 0.253 e. The highest BCUT2D eigenvalue weighted by molar-refractivity contribution is 5.94. The molecule has 1 saturated heterocycles. The van der Waals surface area contributed by atoms with Crippen LogP contribution < -0.4 is 5.32 Å². The van der Waals surface area contributed by atoms with Crippen LogP contribution in [0.2, 0.25) is 0 Å². The van der Waals surface area contributed by atoms with Crippen molar-refractivity contribution in [3.05, 3.63) is 35.4 Å². The third kappa shape index (κ3) is 3.08. The Labute approximate surface area is 107 Å². The zero-order chi connectivity index (χ0) is 12.8. The highest BCUT2D eigenvalue weighted by Crippen LogP contribution is 2.09. The van der Waals surface area contributed by atoms with E-state index in [0.29, 0.717) is 12.0 Å². The number of amides is 1. The van der Waals surface area contributed by atoms with Gasteiger partial charge in [0.15, 0.2) is 0 Å². The average molecular weight is 243 g/mol. The fraction of sp³-hybridized carbons (Fsp3) is 0.429. The van der Waals surface area contributed by atoms with Crippen molar-refractivity contribution < 1.29 is 4.79 Å². The molecule has 1 aromatic rings. The molecule has 94 valence electrons. The van der Waals surface area contributed by atoms with Crippen molar-refractivity contribution in [3.63, 3.8) is 0 Å². The van der Waals surface area contributed by atoms with Crippen molar-refractivity contribution in [2.24, 2.45) is 0 Å². The predicted molar refractivity (Wildman–Crippen MR) is 69.1 cm³/mol. The van der Waals surface area contributed by atoms with Crippen molar-refractivity contribution in [2.75, 3.05) is 26.2 Å². The maximum Gasteiger partial charge on any atom is 0.253 e. The number of nitriles is 1. The van der Waals surface area contributed by atoms with Crippen LogP contribution in [0.4, 0.5) is 0 Å². The Balaban J connectivity index is 2.05. The van der Waals surface area contributed by atoms with Crippen LogP contribution in [-0.4, -0.2) is 37.0 Å². The van der Waals surface area contributed by atoms with Gasteiger partial charge >= 0.3 is 0 Å². The molecule has 18 heavy (non-hydrogen) atoms. The summed E-state index contributed by atoms with van der Waals surface area (Å²) in [5, 5.41) is 11.9. The van der Waals surface area contributed by atoms with Gasteiger partial charge in [0, 0.05) is 25.2 Å². The molecule has 0 bridgehead atoms. The zero-order valence-electron chi connectivity index (χ0n) is 10.4. The molecule has 0 unspecified atom stereocenters. The molecule has 2 rings (SSSR count). The van der Waals surface area contributed by atoms with Crippen molar-refractivity contribution in [2.45, 2.75) is 12.8 Å². The molecular weight excluding hydrogens is 226 g/mol. The Kier molecular flexibility index (Phi) is 4.32. The lowest BCUT2D eigenvalue weighted by molar-refractivity contribution is 0.0766. The van der Waals surface area contributed by atoms with Gasteiger partial charge in [-0.3, -0.25) is 4.79 Å². The fourth-order valence-electron chi connectivity index (χ4n) is 2.09. The second-order valence-electron chi connectivity index (χ2n) is 4.43. The summed E-state index contributed by atoms with van der Waals surface area (Å²) < 4.78 is 0. The van der Waals surface area contributed by atoms with Crippen LogP contribution in [0.5, 0.6) is 0 Å². The van der Waals surface area contributed by atoms with Crippen LogP contribution in [0.1, 0.15) is 22.3 Å². The Morgan fingerprint density at radius 1 is 1.28 bits per heavy atom. The van der Waals surface area contributed by atoms with E-state index >= 15 is 0 Å². The van der Waals surface area contributed by atoms with Gasteiger partial charge in [-0.2, -0.15) is 5.26 Å². The van der Waals surface area contributed by atoms with E-state index in [1.54, 1.807) is 0 Å². The van der Waals surface area contributed by atoms with Gasteiger partial charge in [0.25, 0.3) is 5.91 Å². The number of nitrogens with one attached hydrogen (secondary N) is 1. The summed E-state index contributed by atoms with van der Waals surface area (Å²) in [6.45, 7) is 3.41. The summed E-state index contributed by atoms with van der Waals surface area (Å²) >= 11 is 0. The van der Waals surface area contributed by atoms with E-state index < -0.39 is 0 Å². The van der Waals surface area contributed by atoms with Gasteiger partial charge in [-0.05, 0) is 30.7 Å². The Morgan fingerprint density at radius 3 is 2.78 bits per heavy atom. The molecule has 0 radical (unpaired) electrons. The molecule has 1 amide bonds. The monoisotopic (exact) mass is 243 g/mol. The SMILES string of the molecule is N#CCc1ccc(C(=O)N2CCCNCC2)cc1. The normalized spacial score (nSPS) is 15.8. The molecule has 1 aromatic carbocycles. The minimum atomic E-state index is 0.0854. The topological polar surface area (TPSA) is 56.1 Å². The van der Waals surface area contributed by atoms with E-state index in [9.17, 15) is 4.79 Å². The number of rotatable bonds is 2. The van der Waals surface area contributed by atoms with Crippen molar-refractivity contribution in [1.29, 1.82) is 5.26 Å². The Hall–Kier alpha value is -1.86. The predicted octanol–water partition coefficient (Wildman–Crippen LogP) is 1.19. The van der Waals surface area contributed by atoms with E-state index in [-0.39, 0.29) is 5.91 Å². The van der Waals surface area contributed by atoms with E-state index in [1.807, 2.05) is 29.2 Å². The summed E-state index contributed by atoms with van der Waals surface area (Å²) in [7, 11) is 0. The second-order valence-corrected chi connectivity index (χ2v) is 4.43. The summed E-state index contributed by atoms with van der Waals surface area (Å²) in [5.74, 6) is 0.0854. The molecule has 1 heterocycles. The maximum absolute atomic E-state index is 12.3. The van der Waals surface area contributed by atoms with E-state index in [0.717, 1.165) is 38.2 Å². The molecular formula is C14H17N3O. The van der Waals surface area contributed by atoms with Gasteiger partial charge in [-0.15, -0.1) is 0 Å². The third-order valence-corrected chi connectivity index (χ3v) is 3.11. The first-order valence-corrected chi connectivity index (χ1v) is 6.27. The van der Waals surface area contributed by atoms with Crippen LogP contribution in [0.15, 0.2) is 24.3 Å². The van der Waals surface area contributed by atoms with Crippen LogP contribution >= 0.6 is 0 Å². The van der Waals surface area contributed by atoms with E-state index in [2.05, 4.69) is 11.4 Å². The fourth-order valence-corrected chi connectivity index (χ4v) is 2.09.